The van der Waals surface area contributed by atoms with Gasteiger partial charge in [0.05, 0.1) is 11.1 Å². The number of hydrogen-bond donors (Lipinski definition) is 0. The Labute approximate surface area is 359 Å². The smallest absolute Gasteiger partial charge is 0.0726 e. The molecule has 10 aromatic carbocycles. The third-order valence-corrected chi connectivity index (χ3v) is 14.5. The Hall–Kier alpha value is -7.52. The van der Waals surface area contributed by atoms with Gasteiger partial charge in [-0.25, -0.2) is 0 Å². The van der Waals surface area contributed by atoms with Crippen molar-refractivity contribution in [1.82, 2.24) is 0 Å². The SMILES string of the molecule is c1ccc(-c2cccc(N(c3ccc4c(c3)C3(c5ccccc5-c5ccccc53)c3ccccc3-4)c3cccc4sc5c6ccccc6c(-c6ccccc6)cc5c34)c2)cc1. The van der Waals surface area contributed by atoms with Gasteiger partial charge in [0.15, 0.2) is 0 Å². The van der Waals surface area contributed by atoms with Crippen LogP contribution in [0.15, 0.2) is 224 Å². The Bertz CT molecular complexity index is 3480. The minimum Gasteiger partial charge on any atom is -0.310 e. The van der Waals surface area contributed by atoms with Crippen LogP contribution < -0.4 is 4.90 Å². The molecular formula is C59H37NS. The summed E-state index contributed by atoms with van der Waals surface area (Å²) in [6.07, 6.45) is 0. The summed E-state index contributed by atoms with van der Waals surface area (Å²) in [7, 11) is 0. The van der Waals surface area contributed by atoms with E-state index in [2.05, 4.69) is 229 Å². The largest absolute Gasteiger partial charge is 0.310 e. The van der Waals surface area contributed by atoms with Crippen molar-refractivity contribution in [2.24, 2.45) is 0 Å². The van der Waals surface area contributed by atoms with E-state index in [0.29, 0.717) is 0 Å². The molecule has 61 heavy (non-hydrogen) atoms. The van der Waals surface area contributed by atoms with Gasteiger partial charge in [0.2, 0.25) is 0 Å². The third-order valence-electron chi connectivity index (χ3n) is 13.3. The quantitative estimate of drug-likeness (QED) is 0.168. The lowest BCUT2D eigenvalue weighted by atomic mass is 9.70. The molecule has 1 nitrogen and oxygen atoms in total. The minimum absolute atomic E-state index is 0.447. The van der Waals surface area contributed by atoms with Gasteiger partial charge in [0.25, 0.3) is 0 Å². The summed E-state index contributed by atoms with van der Waals surface area (Å²) in [6, 6.07) is 83.5. The summed E-state index contributed by atoms with van der Waals surface area (Å²) >= 11 is 1.90. The van der Waals surface area contributed by atoms with E-state index in [-0.39, 0.29) is 0 Å². The molecule has 0 amide bonds. The average molecular weight is 792 g/mol. The lowest BCUT2D eigenvalue weighted by molar-refractivity contribution is 0.793. The first-order valence-electron chi connectivity index (χ1n) is 21.1. The highest BCUT2D eigenvalue weighted by Crippen LogP contribution is 2.63. The Balaban J connectivity index is 1.12. The molecule has 1 heterocycles. The number of benzene rings is 10. The van der Waals surface area contributed by atoms with Gasteiger partial charge in [-0.1, -0.05) is 182 Å². The van der Waals surface area contributed by atoms with Crippen LogP contribution in [0.1, 0.15) is 22.3 Å². The van der Waals surface area contributed by atoms with Crippen molar-refractivity contribution in [3.63, 3.8) is 0 Å². The molecule has 0 N–H and O–H groups in total. The standard InChI is InChI=1S/C59H37NS/c1-3-17-38(18-4-1)40-21-15-22-41(35-40)60(55-31-16-32-56-57(55)50-37-49(39-19-5-2-6-20-39)43-23-7-8-27-48(43)58(50)61-56)42-33-34-47-46-26-11-14-30-53(46)59(54(47)36-42)51-28-12-9-24-44(51)45-25-10-13-29-52(45)59/h1-37H. The Kier molecular flexibility index (Phi) is 7.46. The highest BCUT2D eigenvalue weighted by atomic mass is 32.1. The Morgan fingerprint density at radius 1 is 0.328 bits per heavy atom. The van der Waals surface area contributed by atoms with E-state index in [1.54, 1.807) is 0 Å². The molecule has 0 aliphatic heterocycles. The van der Waals surface area contributed by atoms with Crippen LogP contribution in [0, 0.1) is 0 Å². The number of thiophene rings is 1. The molecule has 2 aliphatic rings. The van der Waals surface area contributed by atoms with Crippen molar-refractivity contribution in [2.45, 2.75) is 5.41 Å². The lowest BCUT2D eigenvalue weighted by Crippen LogP contribution is -2.26. The second-order valence-electron chi connectivity index (χ2n) is 16.3. The van der Waals surface area contributed by atoms with Crippen LogP contribution in [0.2, 0.25) is 0 Å². The van der Waals surface area contributed by atoms with Crippen molar-refractivity contribution in [2.75, 3.05) is 4.90 Å². The zero-order chi connectivity index (χ0) is 40.1. The van der Waals surface area contributed by atoms with Gasteiger partial charge in [-0.15, -0.1) is 11.3 Å². The van der Waals surface area contributed by atoms with E-state index in [0.717, 1.165) is 11.4 Å². The maximum atomic E-state index is 2.53. The van der Waals surface area contributed by atoms with Crippen LogP contribution in [0.5, 0.6) is 0 Å². The predicted molar refractivity (Wildman–Crippen MR) is 259 cm³/mol. The van der Waals surface area contributed by atoms with Crippen molar-refractivity contribution in [3.8, 4) is 44.5 Å². The maximum Gasteiger partial charge on any atom is 0.0726 e. The van der Waals surface area contributed by atoms with Crippen LogP contribution in [-0.2, 0) is 5.41 Å². The molecule has 1 spiro atoms. The first kappa shape index (κ1) is 34.4. The monoisotopic (exact) mass is 791 g/mol. The van der Waals surface area contributed by atoms with Crippen molar-refractivity contribution in [1.29, 1.82) is 0 Å². The molecule has 2 aliphatic carbocycles. The third kappa shape index (κ3) is 4.88. The van der Waals surface area contributed by atoms with E-state index in [4.69, 9.17) is 0 Å². The van der Waals surface area contributed by atoms with Crippen LogP contribution in [0.3, 0.4) is 0 Å². The first-order chi connectivity index (χ1) is 30.3. The second kappa shape index (κ2) is 13.2. The predicted octanol–water partition coefficient (Wildman–Crippen LogP) is 16.4. The fourth-order valence-corrected chi connectivity index (χ4v) is 12.0. The van der Waals surface area contributed by atoms with Crippen LogP contribution in [0.4, 0.5) is 17.1 Å². The first-order valence-corrected chi connectivity index (χ1v) is 21.9. The molecule has 0 unspecified atom stereocenters. The Morgan fingerprint density at radius 3 is 1.56 bits per heavy atom. The average Bonchev–Trinajstić information content (AvgIpc) is 3.97. The Morgan fingerprint density at radius 2 is 0.869 bits per heavy atom. The minimum atomic E-state index is -0.447. The molecule has 0 atom stereocenters. The molecule has 1 aromatic heterocycles. The molecule has 0 saturated heterocycles. The van der Waals surface area contributed by atoms with Crippen LogP contribution >= 0.6 is 11.3 Å². The number of rotatable bonds is 5. The van der Waals surface area contributed by atoms with Crippen LogP contribution in [-0.4, -0.2) is 0 Å². The summed E-state index contributed by atoms with van der Waals surface area (Å²) in [5.41, 5.74) is 18.4. The molecular weight excluding hydrogens is 755 g/mol. The normalized spacial score (nSPS) is 13.0. The van der Waals surface area contributed by atoms with Gasteiger partial charge in [0.1, 0.15) is 0 Å². The van der Waals surface area contributed by atoms with Gasteiger partial charge in [0, 0.05) is 36.9 Å². The van der Waals surface area contributed by atoms with Gasteiger partial charge in [-0.3, -0.25) is 0 Å². The van der Waals surface area contributed by atoms with E-state index < -0.39 is 5.41 Å². The van der Waals surface area contributed by atoms with Crippen molar-refractivity contribution >= 4 is 59.3 Å². The molecule has 0 bridgehead atoms. The molecule has 13 rings (SSSR count). The van der Waals surface area contributed by atoms with Gasteiger partial charge in [-0.2, -0.15) is 0 Å². The highest BCUT2D eigenvalue weighted by Gasteiger charge is 2.51. The van der Waals surface area contributed by atoms with E-state index >= 15 is 0 Å². The van der Waals surface area contributed by atoms with Gasteiger partial charge < -0.3 is 4.90 Å². The number of anilines is 3. The molecule has 2 heteroatoms. The number of nitrogens with zero attached hydrogens (tertiary/aromatic N) is 1. The topological polar surface area (TPSA) is 3.24 Å². The zero-order valence-corrected chi connectivity index (χ0v) is 34.0. The summed E-state index contributed by atoms with van der Waals surface area (Å²) in [6.45, 7) is 0. The molecule has 0 radical (unpaired) electrons. The zero-order valence-electron chi connectivity index (χ0n) is 33.2. The van der Waals surface area contributed by atoms with E-state index in [9.17, 15) is 0 Å². The maximum absolute atomic E-state index is 2.53. The van der Waals surface area contributed by atoms with E-state index in [1.165, 1.54) is 103 Å². The molecule has 0 saturated carbocycles. The van der Waals surface area contributed by atoms with Crippen molar-refractivity contribution in [3.05, 3.63) is 247 Å². The summed E-state index contributed by atoms with van der Waals surface area (Å²) < 4.78 is 2.59. The summed E-state index contributed by atoms with van der Waals surface area (Å²) in [4.78, 5) is 2.53. The molecule has 0 fully saturated rings. The lowest BCUT2D eigenvalue weighted by Gasteiger charge is -2.32. The van der Waals surface area contributed by atoms with Crippen LogP contribution in [0.25, 0.3) is 75.5 Å². The van der Waals surface area contributed by atoms with Crippen molar-refractivity contribution < 1.29 is 0 Å². The summed E-state index contributed by atoms with van der Waals surface area (Å²) in [5, 5.41) is 5.12. The fraction of sp³-hybridized carbons (Fsp3) is 0.0169. The second-order valence-corrected chi connectivity index (χ2v) is 17.4. The van der Waals surface area contributed by atoms with Gasteiger partial charge in [-0.05, 0) is 115 Å². The van der Waals surface area contributed by atoms with E-state index in [1.807, 2.05) is 11.3 Å². The van der Waals surface area contributed by atoms with Gasteiger partial charge >= 0.3 is 0 Å². The highest BCUT2D eigenvalue weighted by molar-refractivity contribution is 7.26. The number of fused-ring (bicyclic) bond motifs is 15. The summed E-state index contributed by atoms with van der Waals surface area (Å²) in [5.74, 6) is 0. The fourth-order valence-electron chi connectivity index (χ4n) is 10.8. The molecule has 11 aromatic rings. The number of hydrogen-bond acceptors (Lipinski definition) is 2. The molecule has 284 valence electrons.